The van der Waals surface area contributed by atoms with Gasteiger partial charge < -0.3 is 38.2 Å². The van der Waals surface area contributed by atoms with Gasteiger partial charge in [-0.1, -0.05) is 0 Å². The van der Waals surface area contributed by atoms with Crippen molar-refractivity contribution in [2.75, 3.05) is 68.8 Å². The number of amides is 2. The van der Waals surface area contributed by atoms with Crippen LogP contribution in [0.25, 0.3) is 0 Å². The zero-order valence-corrected chi connectivity index (χ0v) is 24.7. The lowest BCUT2D eigenvalue weighted by Crippen LogP contribution is -2.56. The van der Waals surface area contributed by atoms with Gasteiger partial charge in [0.05, 0.1) is 42.7 Å². The number of thiocarbonyl (C=S) groups is 2. The first kappa shape index (κ1) is 30.5. The second-order valence-electron chi connectivity index (χ2n) is 8.32. The molecule has 2 aromatic carbocycles. The Hall–Kier alpha value is -4.04. The molecule has 0 spiro atoms. The van der Waals surface area contributed by atoms with Crippen LogP contribution >= 0.6 is 24.4 Å². The third-order valence-electron chi connectivity index (χ3n) is 6.15. The molecule has 0 saturated carbocycles. The van der Waals surface area contributed by atoms with Crippen LogP contribution in [0.4, 0.5) is 0 Å². The summed E-state index contributed by atoms with van der Waals surface area (Å²) >= 11 is 11.0. The number of ether oxygens (including phenoxy) is 6. The lowest BCUT2D eigenvalue weighted by molar-refractivity contribution is 0.0958. The van der Waals surface area contributed by atoms with E-state index in [2.05, 4.69) is 10.6 Å². The van der Waals surface area contributed by atoms with Crippen molar-refractivity contribution in [2.45, 2.75) is 0 Å². The molecule has 12 nitrogen and oxygen atoms in total. The van der Waals surface area contributed by atoms with E-state index in [0.29, 0.717) is 71.8 Å². The van der Waals surface area contributed by atoms with Crippen LogP contribution in [0.15, 0.2) is 24.3 Å². The molecule has 1 aliphatic rings. The smallest absolute Gasteiger partial charge is 0.257 e. The molecule has 2 N–H and O–H groups in total. The van der Waals surface area contributed by atoms with Gasteiger partial charge in [0.1, 0.15) is 0 Å². The highest BCUT2D eigenvalue weighted by atomic mass is 32.1. The number of carbonyl (C=O) groups is 2. The third kappa shape index (κ3) is 6.74. The summed E-state index contributed by atoms with van der Waals surface area (Å²) in [5, 5.41) is 6.03. The van der Waals surface area contributed by atoms with Crippen molar-refractivity contribution >= 4 is 46.5 Å². The Kier molecular flexibility index (Phi) is 10.6. The minimum absolute atomic E-state index is 0.269. The molecule has 1 aliphatic heterocycles. The van der Waals surface area contributed by atoms with Gasteiger partial charge in [0.2, 0.25) is 11.5 Å². The minimum atomic E-state index is -0.417. The van der Waals surface area contributed by atoms with Gasteiger partial charge in [-0.15, -0.1) is 0 Å². The molecule has 40 heavy (non-hydrogen) atoms. The van der Waals surface area contributed by atoms with Crippen molar-refractivity contribution in [1.82, 2.24) is 20.4 Å². The summed E-state index contributed by atoms with van der Waals surface area (Å²) in [7, 11) is 8.86. The Balaban J connectivity index is 1.58. The van der Waals surface area contributed by atoms with Crippen molar-refractivity contribution in [2.24, 2.45) is 0 Å². The van der Waals surface area contributed by atoms with Crippen molar-refractivity contribution in [3.05, 3.63) is 35.4 Å². The molecule has 14 heteroatoms. The zero-order valence-electron chi connectivity index (χ0n) is 23.1. The van der Waals surface area contributed by atoms with Crippen LogP contribution in [0.5, 0.6) is 34.5 Å². The van der Waals surface area contributed by atoms with E-state index >= 15 is 0 Å². The van der Waals surface area contributed by atoms with E-state index in [0.717, 1.165) is 0 Å². The first-order valence-electron chi connectivity index (χ1n) is 12.0. The van der Waals surface area contributed by atoms with Gasteiger partial charge in [-0.2, -0.15) is 0 Å². The Morgan fingerprint density at radius 2 is 0.850 bits per heavy atom. The van der Waals surface area contributed by atoms with Gasteiger partial charge in [-0.3, -0.25) is 20.2 Å². The van der Waals surface area contributed by atoms with E-state index in [1.807, 2.05) is 9.80 Å². The average molecular weight is 593 g/mol. The summed E-state index contributed by atoms with van der Waals surface area (Å²) in [6, 6.07) is 6.19. The highest BCUT2D eigenvalue weighted by Crippen LogP contribution is 2.39. The lowest BCUT2D eigenvalue weighted by atomic mass is 10.1. The van der Waals surface area contributed by atoms with Crippen LogP contribution in [0, 0.1) is 0 Å². The fourth-order valence-electron chi connectivity index (χ4n) is 4.03. The molecule has 1 fully saturated rings. The van der Waals surface area contributed by atoms with Crippen molar-refractivity contribution in [1.29, 1.82) is 0 Å². The normalized spacial score (nSPS) is 12.7. The second kappa shape index (κ2) is 13.8. The fourth-order valence-corrected chi connectivity index (χ4v) is 4.58. The highest BCUT2D eigenvalue weighted by molar-refractivity contribution is 7.80. The average Bonchev–Trinajstić information content (AvgIpc) is 2.99. The van der Waals surface area contributed by atoms with Crippen LogP contribution in [-0.2, 0) is 0 Å². The SMILES string of the molecule is COc1cc(C(=O)NC(=S)N2CCN(C(=S)NC(=O)c3cc(OC)c(OC)c(OC)c3)CC2)cc(OC)c1OC. The van der Waals surface area contributed by atoms with E-state index in [1.54, 1.807) is 24.3 Å². The predicted molar refractivity (Wildman–Crippen MR) is 155 cm³/mol. The Morgan fingerprint density at radius 3 is 1.07 bits per heavy atom. The van der Waals surface area contributed by atoms with Gasteiger partial charge in [0.25, 0.3) is 11.8 Å². The number of methoxy groups -OCH3 is 6. The van der Waals surface area contributed by atoms with Crippen LogP contribution in [0.2, 0.25) is 0 Å². The molecule has 2 aromatic rings. The Labute approximate surface area is 243 Å². The molecule has 0 atom stereocenters. The molecule has 2 amide bonds. The third-order valence-corrected chi connectivity index (χ3v) is 6.87. The largest absolute Gasteiger partial charge is 0.493 e. The maximum absolute atomic E-state index is 12.9. The molecule has 0 bridgehead atoms. The molecule has 1 saturated heterocycles. The number of benzene rings is 2. The van der Waals surface area contributed by atoms with E-state index in [1.165, 1.54) is 42.7 Å². The molecule has 1 heterocycles. The van der Waals surface area contributed by atoms with Crippen molar-refractivity contribution in [3.63, 3.8) is 0 Å². The molecule has 0 radical (unpaired) electrons. The summed E-state index contributed by atoms with van der Waals surface area (Å²) in [6.45, 7) is 1.92. The van der Waals surface area contributed by atoms with Gasteiger partial charge in [0, 0.05) is 37.3 Å². The standard InChI is InChI=1S/C26H32N4O8S2/c1-33-17-11-15(12-18(34-2)21(17)37-5)23(31)27-25(39)29-7-9-30(10-8-29)26(40)28-24(32)16-13-19(35-3)22(38-6)20(14-16)36-4/h11-14H,7-10H2,1-6H3,(H,27,31,39)(H,28,32,40). The second-order valence-corrected chi connectivity index (χ2v) is 9.09. The van der Waals surface area contributed by atoms with Crippen molar-refractivity contribution < 1.29 is 38.0 Å². The summed E-state index contributed by atoms with van der Waals surface area (Å²) in [6.07, 6.45) is 0. The van der Waals surface area contributed by atoms with E-state index in [-0.39, 0.29) is 10.2 Å². The fraction of sp³-hybridized carbons (Fsp3) is 0.385. The van der Waals surface area contributed by atoms with E-state index in [9.17, 15) is 9.59 Å². The number of hydrogen-bond donors (Lipinski definition) is 2. The quantitative estimate of drug-likeness (QED) is 0.437. The topological polar surface area (TPSA) is 120 Å². The van der Waals surface area contributed by atoms with Gasteiger partial charge in [-0.05, 0) is 48.7 Å². The number of carbonyl (C=O) groups excluding carboxylic acids is 2. The highest BCUT2D eigenvalue weighted by Gasteiger charge is 2.25. The zero-order chi connectivity index (χ0) is 29.4. The molecule has 0 unspecified atom stereocenters. The van der Waals surface area contributed by atoms with E-state index in [4.69, 9.17) is 52.9 Å². The summed E-state index contributed by atoms with van der Waals surface area (Å²) in [5.74, 6) is 1.35. The molecule has 0 aliphatic carbocycles. The summed E-state index contributed by atoms with van der Waals surface area (Å²) < 4.78 is 31.9. The number of hydrogen-bond acceptors (Lipinski definition) is 10. The minimum Gasteiger partial charge on any atom is -0.493 e. The first-order valence-corrected chi connectivity index (χ1v) is 12.8. The maximum atomic E-state index is 12.9. The summed E-state index contributed by atoms with van der Waals surface area (Å²) in [5.41, 5.74) is 0.595. The lowest BCUT2D eigenvalue weighted by Gasteiger charge is -2.37. The molecular formula is C26H32N4O8S2. The van der Waals surface area contributed by atoms with E-state index < -0.39 is 11.8 Å². The van der Waals surface area contributed by atoms with Crippen LogP contribution in [0.3, 0.4) is 0 Å². The monoisotopic (exact) mass is 592 g/mol. The molecule has 216 valence electrons. The summed E-state index contributed by atoms with van der Waals surface area (Å²) in [4.78, 5) is 29.5. The molecule has 3 rings (SSSR count). The number of rotatable bonds is 8. The number of nitrogens with zero attached hydrogens (tertiary/aromatic N) is 2. The molecule has 0 aromatic heterocycles. The Bertz CT molecular complexity index is 1130. The van der Waals surface area contributed by atoms with Gasteiger partial charge in [0.15, 0.2) is 33.2 Å². The Morgan fingerprint density at radius 1 is 0.575 bits per heavy atom. The molecular weight excluding hydrogens is 560 g/mol. The maximum Gasteiger partial charge on any atom is 0.257 e. The van der Waals surface area contributed by atoms with Crippen LogP contribution in [0.1, 0.15) is 20.7 Å². The van der Waals surface area contributed by atoms with Gasteiger partial charge >= 0.3 is 0 Å². The van der Waals surface area contributed by atoms with Gasteiger partial charge in [-0.25, -0.2) is 0 Å². The predicted octanol–water partition coefficient (Wildman–Crippen LogP) is 2.09. The van der Waals surface area contributed by atoms with Crippen LogP contribution < -0.4 is 39.1 Å². The van der Waals surface area contributed by atoms with Crippen molar-refractivity contribution in [3.8, 4) is 34.5 Å². The first-order chi connectivity index (χ1) is 19.2. The van der Waals surface area contributed by atoms with Crippen LogP contribution in [-0.4, -0.2) is 101 Å². The number of nitrogens with one attached hydrogen (secondary N) is 2. The number of piperazine rings is 1.